The molecular formula is C29H41ClN8O6. The molecule has 2 aromatic rings. The summed E-state index contributed by atoms with van der Waals surface area (Å²) < 4.78 is 5.15. The third-order valence-corrected chi connectivity index (χ3v) is 6.89. The van der Waals surface area contributed by atoms with Gasteiger partial charge in [-0.05, 0) is 23.3 Å². The summed E-state index contributed by atoms with van der Waals surface area (Å²) in [5.74, 6) is -2.00. The monoisotopic (exact) mass is 632 g/mol. The molecule has 1 saturated heterocycles. The Morgan fingerprint density at radius 2 is 1.64 bits per heavy atom. The Morgan fingerprint density at radius 1 is 1.05 bits per heavy atom. The minimum atomic E-state index is -0.993. The van der Waals surface area contributed by atoms with Crippen molar-refractivity contribution in [1.29, 1.82) is 5.41 Å². The lowest BCUT2D eigenvalue weighted by molar-refractivity contribution is -0.142. The number of ether oxygens (including phenoxy) is 1. The fraction of sp³-hybridized carbons (Fsp3) is 0.414. The molecule has 0 aliphatic carbocycles. The molecule has 240 valence electrons. The van der Waals surface area contributed by atoms with Gasteiger partial charge in [0.1, 0.15) is 19.7 Å². The molecule has 1 atom stereocenters. The van der Waals surface area contributed by atoms with E-state index in [1.807, 2.05) is 18.2 Å². The van der Waals surface area contributed by atoms with Gasteiger partial charge in [-0.25, -0.2) is 4.79 Å². The van der Waals surface area contributed by atoms with Crippen LogP contribution in [0.15, 0.2) is 59.6 Å². The van der Waals surface area contributed by atoms with Gasteiger partial charge in [0.15, 0.2) is 11.9 Å². The molecule has 2 aliphatic heterocycles. The zero-order valence-electron chi connectivity index (χ0n) is 24.9. The van der Waals surface area contributed by atoms with Gasteiger partial charge < -0.3 is 36.2 Å². The molecule has 1 amide bonds. The number of carboxylic acids is 2. The Balaban J connectivity index is 0.000000324. The summed E-state index contributed by atoms with van der Waals surface area (Å²) >= 11 is 6.08. The number of rotatable bonds is 10. The first kappa shape index (κ1) is 36.0. The van der Waals surface area contributed by atoms with E-state index in [-0.39, 0.29) is 31.1 Å². The second-order valence-corrected chi connectivity index (χ2v) is 10.5. The van der Waals surface area contributed by atoms with E-state index in [0.29, 0.717) is 19.1 Å². The van der Waals surface area contributed by atoms with Gasteiger partial charge in [-0.3, -0.25) is 24.8 Å². The normalized spacial score (nSPS) is 15.7. The van der Waals surface area contributed by atoms with Crippen molar-refractivity contribution in [2.45, 2.75) is 6.04 Å². The number of aliphatic carboxylic acids is 2. The van der Waals surface area contributed by atoms with Crippen LogP contribution in [0.25, 0.3) is 0 Å². The molecule has 2 aliphatic rings. The van der Waals surface area contributed by atoms with E-state index in [0.717, 1.165) is 42.6 Å². The summed E-state index contributed by atoms with van der Waals surface area (Å²) in [6, 6.07) is 18.8. The number of halogens is 1. The molecular weight excluding hydrogens is 592 g/mol. The van der Waals surface area contributed by atoms with Crippen molar-refractivity contribution in [2.24, 2.45) is 16.5 Å². The molecule has 0 radical (unpaired) electrons. The Morgan fingerprint density at radius 3 is 2.07 bits per heavy atom. The number of benzene rings is 2. The number of carbonyl (C=O) groups is 3. The molecule has 0 spiro atoms. The van der Waals surface area contributed by atoms with Crippen molar-refractivity contribution >= 4 is 41.4 Å². The number of amides is 1. The van der Waals surface area contributed by atoms with Gasteiger partial charge in [0, 0.05) is 51.8 Å². The van der Waals surface area contributed by atoms with Crippen LogP contribution >= 0.6 is 11.6 Å². The third kappa shape index (κ3) is 13.0. The van der Waals surface area contributed by atoms with E-state index in [2.05, 4.69) is 51.2 Å². The van der Waals surface area contributed by atoms with Crippen LogP contribution in [-0.4, -0.2) is 133 Å². The number of nitrogens with zero attached hydrogens (tertiary/aromatic N) is 5. The van der Waals surface area contributed by atoms with Gasteiger partial charge in [-0.15, -0.1) is 0 Å². The number of hydrogen-bond donors (Lipinski definition) is 5. The molecule has 2 heterocycles. The molecule has 14 nitrogen and oxygen atoms in total. The smallest absolute Gasteiger partial charge is 0.329 e. The minimum absolute atomic E-state index is 0.162. The summed E-state index contributed by atoms with van der Waals surface area (Å²) in [4.78, 5) is 41.8. The number of nitrogens with two attached hydrogens (primary N) is 2. The average molecular weight is 633 g/mol. The number of aliphatic imine (C=N–C) groups is 1. The lowest BCUT2D eigenvalue weighted by Gasteiger charge is -2.39. The van der Waals surface area contributed by atoms with E-state index in [1.54, 1.807) is 11.9 Å². The zero-order chi connectivity index (χ0) is 32.6. The largest absolute Gasteiger partial charge is 0.480 e. The van der Waals surface area contributed by atoms with E-state index < -0.39 is 11.9 Å². The first-order chi connectivity index (χ1) is 20.9. The molecule has 1 fully saturated rings. The van der Waals surface area contributed by atoms with Crippen molar-refractivity contribution in [3.05, 3.63) is 70.7 Å². The summed E-state index contributed by atoms with van der Waals surface area (Å²) in [5, 5.41) is 24.2. The second kappa shape index (κ2) is 18.4. The van der Waals surface area contributed by atoms with E-state index in [1.165, 1.54) is 18.2 Å². The van der Waals surface area contributed by atoms with Crippen LogP contribution in [0, 0.1) is 5.41 Å². The van der Waals surface area contributed by atoms with Crippen molar-refractivity contribution < 1.29 is 29.3 Å². The highest BCUT2D eigenvalue weighted by Crippen LogP contribution is 2.30. The van der Waals surface area contributed by atoms with Gasteiger partial charge in [-0.1, -0.05) is 54.1 Å². The summed E-state index contributed by atoms with van der Waals surface area (Å²) in [7, 11) is 3.17. The highest BCUT2D eigenvalue weighted by atomic mass is 35.5. The van der Waals surface area contributed by atoms with Gasteiger partial charge in [0.25, 0.3) is 5.91 Å². The Kier molecular flexibility index (Phi) is 15.1. The van der Waals surface area contributed by atoms with Crippen molar-refractivity contribution in [3.8, 4) is 0 Å². The van der Waals surface area contributed by atoms with Crippen molar-refractivity contribution in [2.75, 3.05) is 73.1 Å². The number of carbonyl (C=O) groups excluding carboxylic acids is 1. The average Bonchev–Trinajstić information content (AvgIpc) is 3.27. The lowest BCUT2D eigenvalue weighted by atomic mass is 9.96. The number of guanidine groups is 2. The fourth-order valence-electron chi connectivity index (χ4n) is 4.31. The molecule has 15 heteroatoms. The van der Waals surface area contributed by atoms with Crippen LogP contribution in [0.2, 0.25) is 5.02 Å². The molecule has 7 N–H and O–H groups in total. The van der Waals surface area contributed by atoms with Crippen LogP contribution < -0.4 is 11.5 Å². The third-order valence-electron chi connectivity index (χ3n) is 6.64. The number of likely N-dealkylation sites (N-methyl/N-ethyl adjacent to an activating group) is 2. The molecule has 2 aromatic carbocycles. The van der Waals surface area contributed by atoms with E-state index >= 15 is 0 Å². The number of hydrogen-bond acceptors (Lipinski definition) is 9. The van der Waals surface area contributed by atoms with Gasteiger partial charge >= 0.3 is 11.9 Å². The number of piperazine rings is 1. The molecule has 44 heavy (non-hydrogen) atoms. The van der Waals surface area contributed by atoms with Crippen LogP contribution in [-0.2, 0) is 19.1 Å². The van der Waals surface area contributed by atoms with Crippen LogP contribution in [0.3, 0.4) is 0 Å². The standard InChI is InChI=1S/C21H25ClN2O3.C4H9N3O2.C4H7N3O/c22-19-8-6-18(7-9-19)21(17-4-2-1-3-5-17)24-12-10-23(11-13-24)14-15-27-16-20(25)26;1-7(4(5)6)2-3(8)9;1-7-2-3(8)6-4(7)5/h1-9,21H,10-16H2,(H,25,26);2H2,1H3,(H3,5,6)(H,8,9);2H2,1H3,(H2,5,6,8). The first-order valence-electron chi connectivity index (χ1n) is 13.8. The fourth-order valence-corrected chi connectivity index (χ4v) is 4.44. The molecule has 0 bridgehead atoms. The maximum atomic E-state index is 10.5. The maximum Gasteiger partial charge on any atom is 0.329 e. The van der Waals surface area contributed by atoms with Crippen LogP contribution in [0.1, 0.15) is 17.2 Å². The van der Waals surface area contributed by atoms with E-state index in [9.17, 15) is 14.4 Å². The summed E-state index contributed by atoms with van der Waals surface area (Å²) in [6.45, 7) is 4.85. The molecule has 0 aromatic heterocycles. The Labute approximate surface area is 261 Å². The summed E-state index contributed by atoms with van der Waals surface area (Å²) in [6.07, 6.45) is 0. The van der Waals surface area contributed by atoms with E-state index in [4.69, 9.17) is 43.4 Å². The highest BCUT2D eigenvalue weighted by Gasteiger charge is 2.26. The molecule has 1 unspecified atom stereocenters. The van der Waals surface area contributed by atoms with Gasteiger partial charge in [0.05, 0.1) is 12.6 Å². The molecule has 4 rings (SSSR count). The zero-order valence-corrected chi connectivity index (χ0v) is 25.7. The van der Waals surface area contributed by atoms with Gasteiger partial charge in [-0.2, -0.15) is 4.99 Å². The van der Waals surface area contributed by atoms with Crippen molar-refractivity contribution in [1.82, 2.24) is 19.6 Å². The quantitative estimate of drug-likeness (QED) is 0.140. The Bertz CT molecular complexity index is 1260. The number of carboxylic acid groups (broad SMARTS) is 2. The lowest BCUT2D eigenvalue weighted by Crippen LogP contribution is -2.48. The van der Waals surface area contributed by atoms with Gasteiger partial charge in [0.2, 0.25) is 0 Å². The first-order valence-corrected chi connectivity index (χ1v) is 14.2. The molecule has 0 saturated carbocycles. The van der Waals surface area contributed by atoms with Crippen LogP contribution in [0.5, 0.6) is 0 Å². The van der Waals surface area contributed by atoms with Crippen molar-refractivity contribution in [3.63, 3.8) is 0 Å². The maximum absolute atomic E-state index is 10.5. The highest BCUT2D eigenvalue weighted by molar-refractivity contribution is 6.30. The predicted octanol–water partition coefficient (Wildman–Crippen LogP) is 0.818. The Hall–Kier alpha value is -4.24. The topological polar surface area (TPSA) is 202 Å². The second-order valence-electron chi connectivity index (χ2n) is 10.0. The predicted molar refractivity (Wildman–Crippen MR) is 168 cm³/mol. The SMILES string of the molecule is CN(CC(=O)O)C(=N)N.CN1CC(=O)N=C1N.O=C(O)COCCN1CCN(C(c2ccccc2)c2ccc(Cl)cc2)CC1. The van der Waals surface area contributed by atoms with Crippen LogP contribution in [0.4, 0.5) is 0 Å². The minimum Gasteiger partial charge on any atom is -0.480 e. The number of nitrogens with one attached hydrogen (secondary N) is 1. The summed E-state index contributed by atoms with van der Waals surface area (Å²) in [5.41, 5.74) is 12.7.